The number of rotatable bonds is 7. The molecule has 0 aliphatic carbocycles. The molecule has 11 heavy (non-hydrogen) atoms. The summed E-state index contributed by atoms with van der Waals surface area (Å²) in [5.41, 5.74) is 5.38. The number of hydrogen-bond acceptors (Lipinski definition) is 2. The molecule has 0 rings (SSSR count). The Morgan fingerprint density at radius 2 is 1.45 bits per heavy atom. The number of hydrogen-bond donors (Lipinski definition) is 1. The lowest BCUT2D eigenvalue weighted by molar-refractivity contribution is 0.390. The SMILES string of the molecule is CN(C)CCCCCCCN. The monoisotopic (exact) mass is 158 g/mol. The number of unbranched alkanes of at least 4 members (excludes halogenated alkanes) is 4. The lowest BCUT2D eigenvalue weighted by atomic mass is 10.1. The highest BCUT2D eigenvalue weighted by Crippen LogP contribution is 2.01. The van der Waals surface area contributed by atoms with E-state index in [1.54, 1.807) is 0 Å². The molecule has 2 nitrogen and oxygen atoms in total. The van der Waals surface area contributed by atoms with Crippen molar-refractivity contribution < 1.29 is 0 Å². The minimum absolute atomic E-state index is 0.855. The molecular formula is C9H22N2. The summed E-state index contributed by atoms with van der Waals surface area (Å²) in [5.74, 6) is 0. The lowest BCUT2D eigenvalue weighted by Crippen LogP contribution is -2.12. The molecule has 2 N–H and O–H groups in total. The summed E-state index contributed by atoms with van der Waals surface area (Å²) in [5, 5.41) is 0. The normalized spacial score (nSPS) is 10.9. The van der Waals surface area contributed by atoms with Crippen LogP contribution in [-0.4, -0.2) is 32.1 Å². The molecule has 0 aliphatic heterocycles. The van der Waals surface area contributed by atoms with Gasteiger partial charge in [0, 0.05) is 0 Å². The van der Waals surface area contributed by atoms with Crippen LogP contribution >= 0.6 is 0 Å². The lowest BCUT2D eigenvalue weighted by Gasteiger charge is -2.08. The van der Waals surface area contributed by atoms with Crippen molar-refractivity contribution >= 4 is 0 Å². The second kappa shape index (κ2) is 8.02. The molecule has 0 aromatic carbocycles. The Kier molecular flexibility index (Phi) is 7.96. The molecule has 0 bridgehead atoms. The Morgan fingerprint density at radius 3 is 2.00 bits per heavy atom. The van der Waals surface area contributed by atoms with Crippen LogP contribution in [0.4, 0.5) is 0 Å². The van der Waals surface area contributed by atoms with Crippen LogP contribution < -0.4 is 5.73 Å². The topological polar surface area (TPSA) is 29.3 Å². The Balaban J connectivity index is 2.80. The second-order valence-electron chi connectivity index (χ2n) is 3.36. The predicted molar refractivity (Wildman–Crippen MR) is 50.7 cm³/mol. The third kappa shape index (κ3) is 9.92. The van der Waals surface area contributed by atoms with Gasteiger partial charge in [0.05, 0.1) is 0 Å². The maximum absolute atomic E-state index is 5.38. The third-order valence-corrected chi connectivity index (χ3v) is 1.81. The summed E-state index contributed by atoms with van der Waals surface area (Å²) in [4.78, 5) is 2.24. The summed E-state index contributed by atoms with van der Waals surface area (Å²) >= 11 is 0. The average Bonchev–Trinajstić information content (AvgIpc) is 1.96. The minimum Gasteiger partial charge on any atom is -0.330 e. The highest BCUT2D eigenvalue weighted by atomic mass is 15.0. The predicted octanol–water partition coefficient (Wildman–Crippen LogP) is 1.46. The van der Waals surface area contributed by atoms with Crippen LogP contribution in [0.1, 0.15) is 32.1 Å². The molecule has 0 heterocycles. The summed E-state index contributed by atoms with van der Waals surface area (Å²) in [6.07, 6.45) is 6.55. The molecule has 0 atom stereocenters. The van der Waals surface area contributed by atoms with E-state index in [9.17, 15) is 0 Å². The van der Waals surface area contributed by atoms with Crippen molar-refractivity contribution in [2.24, 2.45) is 5.73 Å². The van der Waals surface area contributed by atoms with Crippen molar-refractivity contribution in [2.75, 3.05) is 27.2 Å². The first-order chi connectivity index (χ1) is 5.27. The standard InChI is InChI=1S/C9H22N2/c1-11(2)9-7-5-3-4-6-8-10/h3-10H2,1-2H3. The smallest absolute Gasteiger partial charge is 0.00248 e. The van der Waals surface area contributed by atoms with Gasteiger partial charge < -0.3 is 10.6 Å². The molecule has 0 fully saturated rings. The first-order valence-electron chi connectivity index (χ1n) is 4.62. The van der Waals surface area contributed by atoms with Gasteiger partial charge >= 0.3 is 0 Å². The van der Waals surface area contributed by atoms with Gasteiger partial charge in [-0.15, -0.1) is 0 Å². The van der Waals surface area contributed by atoms with E-state index in [-0.39, 0.29) is 0 Å². The van der Waals surface area contributed by atoms with Crippen LogP contribution in [0.5, 0.6) is 0 Å². The number of nitrogens with two attached hydrogens (primary N) is 1. The summed E-state index contributed by atoms with van der Waals surface area (Å²) in [6, 6.07) is 0. The molecule has 0 unspecified atom stereocenters. The van der Waals surface area contributed by atoms with Crippen molar-refractivity contribution in [3.05, 3.63) is 0 Å². The zero-order chi connectivity index (χ0) is 8.53. The van der Waals surface area contributed by atoms with Gasteiger partial charge in [-0.05, 0) is 40.0 Å². The Hall–Kier alpha value is -0.0800. The van der Waals surface area contributed by atoms with Gasteiger partial charge in [-0.2, -0.15) is 0 Å². The van der Waals surface area contributed by atoms with E-state index in [1.165, 1.54) is 38.6 Å². The van der Waals surface area contributed by atoms with Crippen LogP contribution in [0, 0.1) is 0 Å². The highest BCUT2D eigenvalue weighted by Gasteiger charge is 1.90. The van der Waals surface area contributed by atoms with E-state index in [0.717, 1.165) is 6.54 Å². The van der Waals surface area contributed by atoms with Crippen molar-refractivity contribution in [3.8, 4) is 0 Å². The van der Waals surface area contributed by atoms with Crippen LogP contribution in [0.3, 0.4) is 0 Å². The molecule has 0 saturated carbocycles. The van der Waals surface area contributed by atoms with Crippen molar-refractivity contribution in [3.63, 3.8) is 0 Å². The van der Waals surface area contributed by atoms with E-state index in [4.69, 9.17) is 5.73 Å². The van der Waals surface area contributed by atoms with Crippen molar-refractivity contribution in [1.29, 1.82) is 0 Å². The van der Waals surface area contributed by atoms with Gasteiger partial charge in [0.1, 0.15) is 0 Å². The van der Waals surface area contributed by atoms with Gasteiger partial charge in [0.2, 0.25) is 0 Å². The molecule has 0 amide bonds. The van der Waals surface area contributed by atoms with Crippen molar-refractivity contribution in [2.45, 2.75) is 32.1 Å². The molecule has 0 radical (unpaired) electrons. The van der Waals surface area contributed by atoms with E-state index < -0.39 is 0 Å². The zero-order valence-electron chi connectivity index (χ0n) is 7.97. The number of nitrogens with zero attached hydrogens (tertiary/aromatic N) is 1. The van der Waals surface area contributed by atoms with E-state index in [1.807, 2.05) is 0 Å². The van der Waals surface area contributed by atoms with E-state index in [0.29, 0.717) is 0 Å². The van der Waals surface area contributed by atoms with Crippen molar-refractivity contribution in [1.82, 2.24) is 4.90 Å². The summed E-state index contributed by atoms with van der Waals surface area (Å²) in [6.45, 7) is 2.08. The Morgan fingerprint density at radius 1 is 0.909 bits per heavy atom. The fourth-order valence-electron chi connectivity index (χ4n) is 1.10. The van der Waals surface area contributed by atoms with Gasteiger partial charge in [0.15, 0.2) is 0 Å². The molecule has 0 saturated heterocycles. The van der Waals surface area contributed by atoms with Gasteiger partial charge in [-0.1, -0.05) is 19.3 Å². The van der Waals surface area contributed by atoms with Crippen LogP contribution in [0.2, 0.25) is 0 Å². The third-order valence-electron chi connectivity index (χ3n) is 1.81. The van der Waals surface area contributed by atoms with Crippen LogP contribution in [0.15, 0.2) is 0 Å². The minimum atomic E-state index is 0.855. The highest BCUT2D eigenvalue weighted by molar-refractivity contribution is 4.47. The largest absolute Gasteiger partial charge is 0.330 e. The van der Waals surface area contributed by atoms with E-state index in [2.05, 4.69) is 19.0 Å². The quantitative estimate of drug-likeness (QED) is 0.568. The average molecular weight is 158 g/mol. The first-order valence-corrected chi connectivity index (χ1v) is 4.62. The Labute approximate surface area is 70.8 Å². The zero-order valence-corrected chi connectivity index (χ0v) is 7.97. The van der Waals surface area contributed by atoms with E-state index >= 15 is 0 Å². The second-order valence-corrected chi connectivity index (χ2v) is 3.36. The van der Waals surface area contributed by atoms with Crippen LogP contribution in [-0.2, 0) is 0 Å². The molecule has 0 aromatic rings. The first kappa shape index (κ1) is 10.9. The molecule has 68 valence electrons. The molecular weight excluding hydrogens is 136 g/mol. The van der Waals surface area contributed by atoms with Crippen LogP contribution in [0.25, 0.3) is 0 Å². The van der Waals surface area contributed by atoms with Gasteiger partial charge in [-0.3, -0.25) is 0 Å². The molecule has 0 spiro atoms. The van der Waals surface area contributed by atoms with Gasteiger partial charge in [-0.25, -0.2) is 0 Å². The van der Waals surface area contributed by atoms with Gasteiger partial charge in [0.25, 0.3) is 0 Å². The molecule has 2 heteroatoms. The maximum Gasteiger partial charge on any atom is -0.00248 e. The Bertz CT molecular complexity index is 72.0. The molecule has 0 aromatic heterocycles. The fourth-order valence-corrected chi connectivity index (χ4v) is 1.10. The summed E-state index contributed by atoms with van der Waals surface area (Å²) in [7, 11) is 4.25. The molecule has 0 aliphatic rings. The summed E-state index contributed by atoms with van der Waals surface area (Å²) < 4.78 is 0. The fraction of sp³-hybridized carbons (Fsp3) is 1.00. The maximum atomic E-state index is 5.38.